The van der Waals surface area contributed by atoms with Crippen molar-refractivity contribution in [2.45, 2.75) is 59.1 Å². The van der Waals surface area contributed by atoms with E-state index in [-0.39, 0.29) is 35.9 Å². The second-order valence-electron chi connectivity index (χ2n) is 9.48. The standard InChI is InChI=1S/C27H32FN3O5S/c1-5-35-25(33)18-9-8-12-30(14-18)22(32)13-19-15-37-27-29-17(4)23(26(34)36-16(2)3)24(31(19)27)20-10-6-7-11-21(20)28/h6-7,10-11,15-16,18,24H,5,8-9,12-14H2,1-4H3. The van der Waals surface area contributed by atoms with Crippen LogP contribution in [-0.2, 0) is 23.9 Å². The van der Waals surface area contributed by atoms with Crippen LogP contribution in [0.15, 0.2) is 51.6 Å². The molecule has 0 N–H and O–H groups in total. The number of hydrogen-bond donors (Lipinski definition) is 0. The van der Waals surface area contributed by atoms with Gasteiger partial charge >= 0.3 is 11.9 Å². The zero-order valence-corrected chi connectivity index (χ0v) is 22.3. The number of fused-ring (bicyclic) bond motifs is 1. The predicted octanol–water partition coefficient (Wildman–Crippen LogP) is 4.54. The van der Waals surface area contributed by atoms with Crippen molar-refractivity contribution in [2.75, 3.05) is 19.7 Å². The van der Waals surface area contributed by atoms with Crippen LogP contribution in [0.4, 0.5) is 4.39 Å². The van der Waals surface area contributed by atoms with Gasteiger partial charge in [-0.05, 0) is 52.0 Å². The highest BCUT2D eigenvalue weighted by atomic mass is 32.2. The minimum atomic E-state index is -0.831. The van der Waals surface area contributed by atoms with Gasteiger partial charge in [0.05, 0.1) is 42.4 Å². The summed E-state index contributed by atoms with van der Waals surface area (Å²) in [5.41, 5.74) is 1.60. The van der Waals surface area contributed by atoms with E-state index in [0.717, 1.165) is 0 Å². The van der Waals surface area contributed by atoms with Gasteiger partial charge in [0.2, 0.25) is 5.91 Å². The van der Waals surface area contributed by atoms with Crippen LogP contribution in [0.2, 0.25) is 0 Å². The molecule has 2 unspecified atom stereocenters. The molecule has 0 aromatic heterocycles. The SMILES string of the molecule is CCOC(=O)C1CCCN(C(=O)CC2=CSC3=NC(C)=C(C(=O)OC(C)C)C(c4ccccc4F)N23)C1. The molecule has 3 aliphatic heterocycles. The lowest BCUT2D eigenvalue weighted by molar-refractivity contribution is -0.151. The number of amides is 1. The van der Waals surface area contributed by atoms with E-state index >= 15 is 4.39 Å². The Morgan fingerprint density at radius 1 is 1.24 bits per heavy atom. The van der Waals surface area contributed by atoms with Gasteiger partial charge in [0.1, 0.15) is 5.82 Å². The maximum absolute atomic E-state index is 15.1. The second-order valence-corrected chi connectivity index (χ2v) is 10.3. The Morgan fingerprint density at radius 3 is 2.70 bits per heavy atom. The quantitative estimate of drug-likeness (QED) is 0.479. The lowest BCUT2D eigenvalue weighted by Crippen LogP contribution is -2.44. The summed E-state index contributed by atoms with van der Waals surface area (Å²) in [6, 6.07) is 5.46. The first-order chi connectivity index (χ1) is 17.7. The highest BCUT2D eigenvalue weighted by Crippen LogP contribution is 2.45. The molecular weight excluding hydrogens is 497 g/mol. The average molecular weight is 530 g/mol. The van der Waals surface area contributed by atoms with Crippen molar-refractivity contribution in [1.82, 2.24) is 9.80 Å². The first kappa shape index (κ1) is 26.9. The van der Waals surface area contributed by atoms with Crippen LogP contribution in [0.25, 0.3) is 0 Å². The van der Waals surface area contributed by atoms with Crippen LogP contribution in [-0.4, -0.2) is 58.6 Å². The fraction of sp³-hybridized carbons (Fsp3) is 0.481. The van der Waals surface area contributed by atoms with Crippen LogP contribution in [0, 0.1) is 11.7 Å². The fourth-order valence-electron chi connectivity index (χ4n) is 4.82. The van der Waals surface area contributed by atoms with Gasteiger partial charge in [-0.15, -0.1) is 0 Å². The number of carbonyl (C=O) groups is 3. The Labute approximate surface area is 220 Å². The molecule has 1 amide bonds. The Hall–Kier alpha value is -3.14. The van der Waals surface area contributed by atoms with E-state index in [1.165, 1.54) is 17.8 Å². The molecule has 0 radical (unpaired) electrons. The van der Waals surface area contributed by atoms with E-state index in [9.17, 15) is 14.4 Å². The van der Waals surface area contributed by atoms with E-state index in [1.54, 1.807) is 55.7 Å². The van der Waals surface area contributed by atoms with Gasteiger partial charge in [0.25, 0.3) is 0 Å². The number of carbonyl (C=O) groups excluding carboxylic acids is 3. The van der Waals surface area contributed by atoms with Gasteiger partial charge in [-0.2, -0.15) is 0 Å². The summed E-state index contributed by atoms with van der Waals surface area (Å²) >= 11 is 1.33. The van der Waals surface area contributed by atoms with E-state index < -0.39 is 17.8 Å². The fourth-order valence-corrected chi connectivity index (χ4v) is 5.79. The van der Waals surface area contributed by atoms with E-state index in [1.807, 2.05) is 5.41 Å². The van der Waals surface area contributed by atoms with Crippen molar-refractivity contribution >= 4 is 34.8 Å². The highest BCUT2D eigenvalue weighted by molar-refractivity contribution is 8.16. The summed E-state index contributed by atoms with van der Waals surface area (Å²) in [4.78, 5) is 46.9. The number of nitrogens with zero attached hydrogens (tertiary/aromatic N) is 3. The van der Waals surface area contributed by atoms with Gasteiger partial charge in [-0.3, -0.25) is 9.59 Å². The minimum absolute atomic E-state index is 0.0259. The summed E-state index contributed by atoms with van der Waals surface area (Å²) < 4.78 is 25.8. The molecule has 0 bridgehead atoms. The number of aliphatic imine (C=N–C) groups is 1. The predicted molar refractivity (Wildman–Crippen MR) is 139 cm³/mol. The second kappa shape index (κ2) is 11.5. The molecule has 8 nitrogen and oxygen atoms in total. The molecule has 1 aromatic rings. The Balaban J connectivity index is 1.62. The molecule has 0 spiro atoms. The maximum Gasteiger partial charge on any atom is 0.338 e. The number of thioether (sulfide) groups is 1. The third-order valence-electron chi connectivity index (χ3n) is 6.49. The van der Waals surface area contributed by atoms with Crippen LogP contribution >= 0.6 is 11.8 Å². The molecule has 10 heteroatoms. The Bertz CT molecular complexity index is 1180. The summed E-state index contributed by atoms with van der Waals surface area (Å²) in [6.45, 7) is 8.14. The Morgan fingerprint density at radius 2 is 2.00 bits per heavy atom. The number of piperidine rings is 1. The van der Waals surface area contributed by atoms with Crippen molar-refractivity contribution < 1.29 is 28.2 Å². The van der Waals surface area contributed by atoms with Gasteiger partial charge in [0, 0.05) is 24.4 Å². The summed E-state index contributed by atoms with van der Waals surface area (Å²) in [7, 11) is 0. The number of esters is 2. The number of likely N-dealkylation sites (tertiary alicyclic amines) is 1. The summed E-state index contributed by atoms with van der Waals surface area (Å²) in [5, 5.41) is 2.39. The highest BCUT2D eigenvalue weighted by Gasteiger charge is 2.43. The first-order valence-corrected chi connectivity index (χ1v) is 13.4. The number of ether oxygens (including phenoxy) is 2. The molecule has 4 rings (SSSR count). The minimum Gasteiger partial charge on any atom is -0.466 e. The monoisotopic (exact) mass is 529 g/mol. The molecule has 2 atom stereocenters. The molecule has 37 heavy (non-hydrogen) atoms. The molecule has 1 fully saturated rings. The number of rotatable bonds is 7. The topological polar surface area (TPSA) is 88.5 Å². The Kier molecular flexibility index (Phi) is 8.36. The molecule has 3 aliphatic rings. The molecule has 1 aromatic carbocycles. The lowest BCUT2D eigenvalue weighted by Gasteiger charge is -2.37. The molecule has 198 valence electrons. The zero-order valence-electron chi connectivity index (χ0n) is 21.5. The largest absolute Gasteiger partial charge is 0.466 e. The molecule has 0 aliphatic carbocycles. The summed E-state index contributed by atoms with van der Waals surface area (Å²) in [6.07, 6.45) is 1.06. The van der Waals surface area contributed by atoms with Crippen molar-refractivity contribution in [3.8, 4) is 0 Å². The van der Waals surface area contributed by atoms with Gasteiger partial charge in [-0.1, -0.05) is 30.0 Å². The number of benzene rings is 1. The van der Waals surface area contributed by atoms with Crippen LogP contribution in [0.1, 0.15) is 58.6 Å². The third kappa shape index (κ3) is 5.74. The normalized spacial score (nSPS) is 21.5. The number of amidine groups is 1. The number of halogens is 1. The van der Waals surface area contributed by atoms with Crippen molar-refractivity contribution in [3.05, 3.63) is 58.0 Å². The molecular formula is C27H32FN3O5S. The van der Waals surface area contributed by atoms with Gasteiger partial charge in [-0.25, -0.2) is 14.2 Å². The first-order valence-electron chi connectivity index (χ1n) is 12.5. The smallest absolute Gasteiger partial charge is 0.338 e. The molecule has 0 saturated carbocycles. The third-order valence-corrected chi connectivity index (χ3v) is 7.38. The number of hydrogen-bond acceptors (Lipinski definition) is 8. The molecule has 3 heterocycles. The van der Waals surface area contributed by atoms with E-state index in [0.29, 0.717) is 54.7 Å². The maximum atomic E-state index is 15.1. The van der Waals surface area contributed by atoms with E-state index in [4.69, 9.17) is 9.47 Å². The van der Waals surface area contributed by atoms with Crippen LogP contribution < -0.4 is 0 Å². The summed E-state index contributed by atoms with van der Waals surface area (Å²) in [5.74, 6) is -1.81. The zero-order chi connectivity index (χ0) is 26.7. The lowest BCUT2D eigenvalue weighted by atomic mass is 9.93. The van der Waals surface area contributed by atoms with Crippen molar-refractivity contribution in [3.63, 3.8) is 0 Å². The van der Waals surface area contributed by atoms with Crippen LogP contribution in [0.3, 0.4) is 0 Å². The van der Waals surface area contributed by atoms with Crippen molar-refractivity contribution in [1.29, 1.82) is 0 Å². The van der Waals surface area contributed by atoms with Gasteiger partial charge < -0.3 is 19.3 Å². The van der Waals surface area contributed by atoms with Crippen LogP contribution in [0.5, 0.6) is 0 Å². The molecule has 1 saturated heterocycles. The average Bonchev–Trinajstić information content (AvgIpc) is 3.25. The van der Waals surface area contributed by atoms with Gasteiger partial charge in [0.15, 0.2) is 5.17 Å². The van der Waals surface area contributed by atoms with E-state index in [2.05, 4.69) is 4.99 Å². The van der Waals surface area contributed by atoms with Crippen molar-refractivity contribution in [2.24, 2.45) is 10.9 Å². The number of allylic oxidation sites excluding steroid dienone is 1.